The first kappa shape index (κ1) is 15.5. The lowest BCUT2D eigenvalue weighted by atomic mass is 10.1. The summed E-state index contributed by atoms with van der Waals surface area (Å²) in [5, 5.41) is 19.6. The molecule has 7 heteroatoms. The van der Waals surface area contributed by atoms with E-state index in [4.69, 9.17) is 0 Å². The average Bonchev–Trinajstić information content (AvgIpc) is 2.40. The average molecular weight is 281 g/mol. The molecule has 0 amide bonds. The van der Waals surface area contributed by atoms with Crippen LogP contribution in [0.2, 0.25) is 0 Å². The fourth-order valence-corrected chi connectivity index (χ4v) is 1.38. The van der Waals surface area contributed by atoms with E-state index in [0.29, 0.717) is 0 Å². The molecule has 2 N–H and O–H groups in total. The van der Waals surface area contributed by atoms with Gasteiger partial charge in [-0.3, -0.25) is 0 Å². The van der Waals surface area contributed by atoms with E-state index in [1.165, 1.54) is 18.3 Å². The van der Waals surface area contributed by atoms with Crippen molar-refractivity contribution in [1.82, 2.24) is 4.98 Å². The van der Waals surface area contributed by atoms with Crippen LogP contribution in [-0.2, 0) is 19.1 Å². The summed E-state index contributed by atoms with van der Waals surface area (Å²) in [5.41, 5.74) is -1.01. The highest BCUT2D eigenvalue weighted by molar-refractivity contribution is 6.19. The number of aromatic nitrogens is 1. The molecule has 1 rings (SSSR count). The summed E-state index contributed by atoms with van der Waals surface area (Å²) in [4.78, 5) is 27.2. The maximum absolute atomic E-state index is 11.7. The van der Waals surface area contributed by atoms with Crippen molar-refractivity contribution in [2.24, 2.45) is 0 Å². The molecule has 0 aliphatic rings. The Bertz CT molecular complexity index is 517. The third kappa shape index (κ3) is 3.47. The van der Waals surface area contributed by atoms with Crippen LogP contribution < -0.4 is 0 Å². The van der Waals surface area contributed by atoms with E-state index in [0.717, 1.165) is 0 Å². The molecule has 0 spiro atoms. The van der Waals surface area contributed by atoms with E-state index >= 15 is 0 Å². The fraction of sp³-hybridized carbons (Fsp3) is 0.308. The first-order valence-corrected chi connectivity index (χ1v) is 5.94. The van der Waals surface area contributed by atoms with Gasteiger partial charge in [0.25, 0.3) is 0 Å². The summed E-state index contributed by atoms with van der Waals surface area (Å²) in [6, 6.07) is 2.69. The molecule has 0 aromatic carbocycles. The van der Waals surface area contributed by atoms with Crippen LogP contribution in [0.4, 0.5) is 0 Å². The third-order valence-electron chi connectivity index (χ3n) is 2.21. The molecule has 108 valence electrons. The third-order valence-corrected chi connectivity index (χ3v) is 2.21. The summed E-state index contributed by atoms with van der Waals surface area (Å²) < 4.78 is 9.37. The van der Waals surface area contributed by atoms with Gasteiger partial charge in [0.05, 0.1) is 13.2 Å². The SMILES string of the molecule is CCOC(=O)C(C(=O)OCC)=C(O)c1ncccc1O. The number of pyridine rings is 1. The van der Waals surface area contributed by atoms with Crippen LogP contribution in [-0.4, -0.2) is 40.3 Å². The molecule has 0 bridgehead atoms. The molecule has 0 unspecified atom stereocenters. The van der Waals surface area contributed by atoms with Gasteiger partial charge in [-0.05, 0) is 26.0 Å². The zero-order valence-corrected chi connectivity index (χ0v) is 11.1. The number of aliphatic hydroxyl groups excluding tert-OH is 1. The molecule has 0 radical (unpaired) electrons. The molecule has 0 aliphatic heterocycles. The predicted octanol–water partition coefficient (Wildman–Crippen LogP) is 1.18. The number of aromatic hydroxyl groups is 1. The van der Waals surface area contributed by atoms with Crippen LogP contribution >= 0.6 is 0 Å². The number of aliphatic hydroxyl groups is 1. The number of esters is 2. The number of carbonyl (C=O) groups is 2. The van der Waals surface area contributed by atoms with Crippen LogP contribution in [0, 0.1) is 0 Å². The summed E-state index contributed by atoms with van der Waals surface area (Å²) in [6.45, 7) is 3.14. The summed E-state index contributed by atoms with van der Waals surface area (Å²) in [6.07, 6.45) is 1.29. The van der Waals surface area contributed by atoms with E-state index in [9.17, 15) is 19.8 Å². The molecule has 0 atom stereocenters. The molecule has 1 aromatic heterocycles. The Kier molecular flexibility index (Phi) is 5.52. The van der Waals surface area contributed by atoms with Crippen LogP contribution in [0.25, 0.3) is 5.76 Å². The van der Waals surface area contributed by atoms with Crippen LogP contribution in [0.5, 0.6) is 5.75 Å². The molecule has 0 saturated carbocycles. The number of carbonyl (C=O) groups excluding carboxylic acids is 2. The molecule has 7 nitrogen and oxygen atoms in total. The van der Waals surface area contributed by atoms with Gasteiger partial charge in [0, 0.05) is 6.20 Å². The number of hydrogen-bond donors (Lipinski definition) is 2. The Balaban J connectivity index is 3.33. The highest BCUT2D eigenvalue weighted by Gasteiger charge is 2.28. The van der Waals surface area contributed by atoms with E-state index < -0.39 is 23.3 Å². The number of ether oxygens (including phenoxy) is 2. The number of nitrogens with zero attached hydrogens (tertiary/aromatic N) is 1. The normalized spacial score (nSPS) is 9.70. The molecular weight excluding hydrogens is 266 g/mol. The molecule has 1 heterocycles. The van der Waals surface area contributed by atoms with Crippen molar-refractivity contribution in [3.05, 3.63) is 29.6 Å². The fourth-order valence-electron chi connectivity index (χ4n) is 1.38. The van der Waals surface area contributed by atoms with E-state index in [1.54, 1.807) is 13.8 Å². The van der Waals surface area contributed by atoms with Crippen molar-refractivity contribution < 1.29 is 29.3 Å². The lowest BCUT2D eigenvalue weighted by Gasteiger charge is -2.09. The first-order chi connectivity index (χ1) is 9.52. The van der Waals surface area contributed by atoms with Gasteiger partial charge < -0.3 is 19.7 Å². The highest BCUT2D eigenvalue weighted by Crippen LogP contribution is 2.24. The maximum atomic E-state index is 11.7. The lowest BCUT2D eigenvalue weighted by Crippen LogP contribution is -2.20. The van der Waals surface area contributed by atoms with Crippen LogP contribution in [0.3, 0.4) is 0 Å². The Morgan fingerprint density at radius 3 is 2.20 bits per heavy atom. The second kappa shape index (κ2) is 7.13. The van der Waals surface area contributed by atoms with E-state index in [2.05, 4.69) is 14.5 Å². The largest absolute Gasteiger partial charge is 0.506 e. The van der Waals surface area contributed by atoms with Gasteiger partial charge in [0.1, 0.15) is 11.4 Å². The topological polar surface area (TPSA) is 106 Å². The van der Waals surface area contributed by atoms with Crippen molar-refractivity contribution in [2.75, 3.05) is 13.2 Å². The zero-order valence-electron chi connectivity index (χ0n) is 11.1. The lowest BCUT2D eigenvalue weighted by molar-refractivity contribution is -0.146. The number of rotatable bonds is 5. The Hall–Kier alpha value is -2.57. The van der Waals surface area contributed by atoms with Crippen LogP contribution in [0.15, 0.2) is 23.9 Å². The minimum atomic E-state index is -1.05. The minimum Gasteiger partial charge on any atom is -0.506 e. The van der Waals surface area contributed by atoms with Crippen LogP contribution in [0.1, 0.15) is 19.5 Å². The van der Waals surface area contributed by atoms with Gasteiger partial charge in [-0.1, -0.05) is 0 Å². The first-order valence-electron chi connectivity index (χ1n) is 5.94. The van der Waals surface area contributed by atoms with E-state index in [-0.39, 0.29) is 24.7 Å². The Morgan fingerprint density at radius 1 is 1.20 bits per heavy atom. The van der Waals surface area contributed by atoms with E-state index in [1.807, 2.05) is 0 Å². The van der Waals surface area contributed by atoms with Crippen molar-refractivity contribution in [3.8, 4) is 5.75 Å². The Morgan fingerprint density at radius 2 is 1.75 bits per heavy atom. The minimum absolute atomic E-state index is 0.0171. The van der Waals surface area contributed by atoms with Gasteiger partial charge in [-0.2, -0.15) is 0 Å². The Labute approximate surface area is 115 Å². The second-order valence-corrected chi connectivity index (χ2v) is 3.54. The second-order valence-electron chi connectivity index (χ2n) is 3.54. The molecular formula is C13H15NO6. The molecule has 20 heavy (non-hydrogen) atoms. The van der Waals surface area contributed by atoms with Gasteiger partial charge >= 0.3 is 11.9 Å². The predicted molar refractivity (Wildman–Crippen MR) is 68.7 cm³/mol. The standard InChI is InChI=1S/C13H15NO6/c1-3-19-12(17)9(13(18)20-4-2)11(16)10-8(15)6-5-7-14-10/h5-7,15-16H,3-4H2,1-2H3. The molecule has 1 aromatic rings. The maximum Gasteiger partial charge on any atom is 0.349 e. The molecule has 0 aliphatic carbocycles. The smallest absolute Gasteiger partial charge is 0.349 e. The monoisotopic (exact) mass is 281 g/mol. The van der Waals surface area contributed by atoms with Crippen molar-refractivity contribution >= 4 is 17.7 Å². The highest BCUT2D eigenvalue weighted by atomic mass is 16.6. The van der Waals surface area contributed by atoms with Gasteiger partial charge in [-0.25, -0.2) is 14.6 Å². The van der Waals surface area contributed by atoms with Gasteiger partial charge in [0.2, 0.25) is 0 Å². The molecule has 0 fully saturated rings. The quantitative estimate of drug-likeness (QED) is 0.274. The van der Waals surface area contributed by atoms with Crippen molar-refractivity contribution in [2.45, 2.75) is 13.8 Å². The van der Waals surface area contributed by atoms with Gasteiger partial charge in [-0.15, -0.1) is 0 Å². The van der Waals surface area contributed by atoms with Crippen molar-refractivity contribution in [3.63, 3.8) is 0 Å². The number of hydrogen-bond acceptors (Lipinski definition) is 7. The molecule has 0 saturated heterocycles. The van der Waals surface area contributed by atoms with Gasteiger partial charge in [0.15, 0.2) is 11.3 Å². The van der Waals surface area contributed by atoms with Crippen molar-refractivity contribution in [1.29, 1.82) is 0 Å². The summed E-state index contributed by atoms with van der Waals surface area (Å²) in [7, 11) is 0. The summed E-state index contributed by atoms with van der Waals surface area (Å²) in [5.74, 6) is -3.27. The summed E-state index contributed by atoms with van der Waals surface area (Å²) >= 11 is 0. The zero-order chi connectivity index (χ0) is 15.1.